The van der Waals surface area contributed by atoms with Crippen LogP contribution in [0.4, 0.5) is 5.82 Å². The molecule has 1 aromatic heterocycles. The Bertz CT molecular complexity index is 1180. The molecule has 158 valence electrons. The first-order valence-electron chi connectivity index (χ1n) is 9.56. The summed E-state index contributed by atoms with van der Waals surface area (Å²) in [7, 11) is 0. The number of halogens is 2. The van der Waals surface area contributed by atoms with E-state index in [-0.39, 0.29) is 12.5 Å². The smallest absolute Gasteiger partial charge is 0.246 e. The number of anilines is 1. The van der Waals surface area contributed by atoms with E-state index in [1.54, 1.807) is 18.2 Å². The summed E-state index contributed by atoms with van der Waals surface area (Å²) in [5.41, 5.74) is 7.97. The molecule has 4 rings (SSSR count). The van der Waals surface area contributed by atoms with Crippen LogP contribution in [0.2, 0.25) is 10.0 Å². The van der Waals surface area contributed by atoms with Crippen molar-refractivity contribution >= 4 is 51.7 Å². The summed E-state index contributed by atoms with van der Waals surface area (Å²) in [4.78, 5) is 36.4. The molecule has 2 N–H and O–H groups in total. The zero-order valence-corrected chi connectivity index (χ0v) is 18.0. The van der Waals surface area contributed by atoms with Gasteiger partial charge in [0.05, 0.1) is 10.5 Å². The number of aromatic nitrogens is 2. The standard InChI is InChI=1S/C22H19Cl2N5O2/c1-2-20(30)29-8-7-28(11-19(29)21(25)31)22-16-9-15(13-3-5-14(23)6-4-13)17(24)10-18(16)26-12-27-22/h2-6,9-10,12,19H,1,7-8,11H2,(H2,25,31)/t19-/m0/s1. The van der Waals surface area contributed by atoms with Crippen LogP contribution in [0.5, 0.6) is 0 Å². The second kappa shape index (κ2) is 8.53. The number of benzene rings is 2. The number of nitrogens with two attached hydrogens (primary N) is 1. The van der Waals surface area contributed by atoms with Gasteiger partial charge in [-0.2, -0.15) is 0 Å². The van der Waals surface area contributed by atoms with Gasteiger partial charge in [0.25, 0.3) is 0 Å². The van der Waals surface area contributed by atoms with Crippen molar-refractivity contribution in [3.63, 3.8) is 0 Å². The van der Waals surface area contributed by atoms with Crippen LogP contribution in [-0.4, -0.2) is 52.4 Å². The fourth-order valence-corrected chi connectivity index (χ4v) is 4.16. The SMILES string of the molecule is C=CC(=O)N1CCN(c2ncnc3cc(Cl)c(-c4ccc(Cl)cc4)cc23)C[C@H]1C(N)=O. The average molecular weight is 456 g/mol. The Morgan fingerprint density at radius 2 is 1.87 bits per heavy atom. The zero-order valence-electron chi connectivity index (χ0n) is 16.5. The van der Waals surface area contributed by atoms with Crippen molar-refractivity contribution in [1.82, 2.24) is 14.9 Å². The number of rotatable bonds is 4. The lowest BCUT2D eigenvalue weighted by molar-refractivity contribution is -0.136. The molecule has 1 aliphatic rings. The highest BCUT2D eigenvalue weighted by Gasteiger charge is 2.34. The Labute approximate surface area is 189 Å². The number of fused-ring (bicyclic) bond motifs is 1. The molecule has 2 amide bonds. The quantitative estimate of drug-likeness (QED) is 0.609. The van der Waals surface area contributed by atoms with Gasteiger partial charge in [0, 0.05) is 35.6 Å². The predicted molar refractivity (Wildman–Crippen MR) is 122 cm³/mol. The third kappa shape index (κ3) is 4.06. The molecule has 1 fully saturated rings. The van der Waals surface area contributed by atoms with Gasteiger partial charge in [0.1, 0.15) is 18.2 Å². The topological polar surface area (TPSA) is 92.4 Å². The van der Waals surface area contributed by atoms with Crippen LogP contribution in [-0.2, 0) is 9.59 Å². The minimum absolute atomic E-state index is 0.222. The molecule has 31 heavy (non-hydrogen) atoms. The van der Waals surface area contributed by atoms with E-state index in [2.05, 4.69) is 16.5 Å². The number of amides is 2. The van der Waals surface area contributed by atoms with Gasteiger partial charge in [-0.25, -0.2) is 9.97 Å². The molecule has 1 saturated heterocycles. The average Bonchev–Trinajstić information content (AvgIpc) is 2.78. The molecule has 0 aliphatic carbocycles. The van der Waals surface area contributed by atoms with E-state index in [1.807, 2.05) is 23.1 Å². The summed E-state index contributed by atoms with van der Waals surface area (Å²) in [6.45, 7) is 4.53. The minimum atomic E-state index is -0.785. The Morgan fingerprint density at radius 3 is 2.55 bits per heavy atom. The fourth-order valence-electron chi connectivity index (χ4n) is 3.77. The van der Waals surface area contributed by atoms with Gasteiger partial charge in [-0.1, -0.05) is 41.9 Å². The summed E-state index contributed by atoms with van der Waals surface area (Å²) in [5.74, 6) is -0.259. The Balaban J connectivity index is 1.76. The van der Waals surface area contributed by atoms with E-state index in [1.165, 1.54) is 17.3 Å². The number of carbonyl (C=O) groups excluding carboxylic acids is 2. The number of piperazine rings is 1. The molecule has 9 heteroatoms. The largest absolute Gasteiger partial charge is 0.368 e. The van der Waals surface area contributed by atoms with Crippen LogP contribution in [0.15, 0.2) is 55.4 Å². The molecule has 0 bridgehead atoms. The minimum Gasteiger partial charge on any atom is -0.368 e. The van der Waals surface area contributed by atoms with Gasteiger partial charge >= 0.3 is 0 Å². The first-order chi connectivity index (χ1) is 14.9. The van der Waals surface area contributed by atoms with Crippen molar-refractivity contribution < 1.29 is 9.59 Å². The van der Waals surface area contributed by atoms with Crippen LogP contribution >= 0.6 is 23.2 Å². The van der Waals surface area contributed by atoms with Crippen LogP contribution in [0, 0.1) is 0 Å². The molecule has 0 unspecified atom stereocenters. The lowest BCUT2D eigenvalue weighted by atomic mass is 10.0. The molecule has 0 radical (unpaired) electrons. The van der Waals surface area contributed by atoms with Gasteiger partial charge in [0.2, 0.25) is 11.8 Å². The molecule has 1 atom stereocenters. The fraction of sp³-hybridized carbons (Fsp3) is 0.182. The summed E-state index contributed by atoms with van der Waals surface area (Å²) in [5, 5.41) is 1.97. The highest BCUT2D eigenvalue weighted by atomic mass is 35.5. The predicted octanol–water partition coefficient (Wildman–Crippen LogP) is 3.29. The third-order valence-corrected chi connectivity index (χ3v) is 5.89. The second-order valence-electron chi connectivity index (χ2n) is 7.15. The van der Waals surface area contributed by atoms with Crippen molar-refractivity contribution in [2.75, 3.05) is 24.5 Å². The highest BCUT2D eigenvalue weighted by Crippen LogP contribution is 2.35. The van der Waals surface area contributed by atoms with Crippen molar-refractivity contribution in [3.8, 4) is 11.1 Å². The molecule has 3 aromatic rings. The molecular formula is C22H19Cl2N5O2. The summed E-state index contributed by atoms with van der Waals surface area (Å²) in [6.07, 6.45) is 2.64. The van der Waals surface area contributed by atoms with Crippen LogP contribution < -0.4 is 10.6 Å². The molecule has 0 saturated carbocycles. The second-order valence-corrected chi connectivity index (χ2v) is 8.00. The molecule has 2 heterocycles. The van der Waals surface area contributed by atoms with Crippen LogP contribution in [0.1, 0.15) is 0 Å². The van der Waals surface area contributed by atoms with E-state index in [4.69, 9.17) is 28.9 Å². The van der Waals surface area contributed by atoms with Gasteiger partial charge in [-0.3, -0.25) is 9.59 Å². The summed E-state index contributed by atoms with van der Waals surface area (Å²) in [6, 6.07) is 10.3. The van der Waals surface area contributed by atoms with Gasteiger partial charge in [-0.15, -0.1) is 0 Å². The Kier molecular flexibility index (Phi) is 5.80. The van der Waals surface area contributed by atoms with Gasteiger partial charge < -0.3 is 15.5 Å². The molecule has 7 nitrogen and oxygen atoms in total. The monoisotopic (exact) mass is 455 g/mol. The van der Waals surface area contributed by atoms with Crippen molar-refractivity contribution in [2.24, 2.45) is 5.73 Å². The maximum Gasteiger partial charge on any atom is 0.246 e. The normalized spacial score (nSPS) is 16.4. The molecule has 0 spiro atoms. The van der Waals surface area contributed by atoms with Crippen LogP contribution in [0.3, 0.4) is 0 Å². The van der Waals surface area contributed by atoms with E-state index < -0.39 is 11.9 Å². The molecule has 1 aliphatic heterocycles. The number of hydrogen-bond donors (Lipinski definition) is 1. The van der Waals surface area contributed by atoms with Crippen molar-refractivity contribution in [1.29, 1.82) is 0 Å². The van der Waals surface area contributed by atoms with Gasteiger partial charge in [-0.05, 0) is 35.9 Å². The Hall–Kier alpha value is -3.16. The number of hydrogen-bond acceptors (Lipinski definition) is 5. The number of nitrogens with zero attached hydrogens (tertiary/aromatic N) is 4. The lowest BCUT2D eigenvalue weighted by Crippen LogP contribution is -2.59. The first kappa shape index (κ1) is 21.1. The maximum atomic E-state index is 12.1. The Morgan fingerprint density at radius 1 is 1.13 bits per heavy atom. The van der Waals surface area contributed by atoms with Gasteiger partial charge in [0.15, 0.2) is 0 Å². The number of carbonyl (C=O) groups is 2. The maximum absolute atomic E-state index is 12.1. The zero-order chi connectivity index (χ0) is 22.1. The summed E-state index contributed by atoms with van der Waals surface area (Å²) < 4.78 is 0. The van der Waals surface area contributed by atoms with E-state index >= 15 is 0 Å². The summed E-state index contributed by atoms with van der Waals surface area (Å²) >= 11 is 12.5. The van der Waals surface area contributed by atoms with E-state index in [9.17, 15) is 9.59 Å². The highest BCUT2D eigenvalue weighted by molar-refractivity contribution is 6.34. The first-order valence-corrected chi connectivity index (χ1v) is 10.3. The van der Waals surface area contributed by atoms with E-state index in [0.717, 1.165) is 16.5 Å². The molecular weight excluding hydrogens is 437 g/mol. The molecule has 2 aromatic carbocycles. The van der Waals surface area contributed by atoms with Crippen LogP contribution in [0.25, 0.3) is 22.0 Å². The number of primary amides is 1. The van der Waals surface area contributed by atoms with Crippen molar-refractivity contribution in [3.05, 3.63) is 65.4 Å². The third-order valence-electron chi connectivity index (χ3n) is 5.32. The van der Waals surface area contributed by atoms with E-state index in [0.29, 0.717) is 34.5 Å². The lowest BCUT2D eigenvalue weighted by Gasteiger charge is -2.40. The van der Waals surface area contributed by atoms with Crippen molar-refractivity contribution in [2.45, 2.75) is 6.04 Å².